The second-order valence-corrected chi connectivity index (χ2v) is 6.51. The number of aromatic nitrogens is 2. The number of nitrogens with one attached hydrogen (secondary N) is 2. The lowest BCUT2D eigenvalue weighted by Crippen LogP contribution is -2.25. The van der Waals surface area contributed by atoms with Crippen LogP contribution in [0.5, 0.6) is 0 Å². The molecule has 4 N–H and O–H groups in total. The standard InChI is InChI=1S/C16H22ClFN6O2/c1-9(22-11-2-4-25-5-3-11)13-14(19)26-8-10(18)6-20-15-12(17)7-21-16(23-13)24-15/h7,10-11H,2-6,8,19H2,1H3,(H2,20,21,23,24). The summed E-state index contributed by atoms with van der Waals surface area (Å²) in [4.78, 5) is 13.1. The average molecular weight is 385 g/mol. The van der Waals surface area contributed by atoms with Gasteiger partial charge < -0.3 is 25.8 Å². The van der Waals surface area contributed by atoms with Gasteiger partial charge in [-0.25, -0.2) is 9.37 Å². The van der Waals surface area contributed by atoms with Gasteiger partial charge in [-0.3, -0.25) is 4.99 Å². The predicted octanol–water partition coefficient (Wildman–Crippen LogP) is 2.09. The van der Waals surface area contributed by atoms with Gasteiger partial charge in [0.05, 0.1) is 24.5 Å². The largest absolute Gasteiger partial charge is 0.475 e. The van der Waals surface area contributed by atoms with Crippen molar-refractivity contribution in [2.24, 2.45) is 10.7 Å². The van der Waals surface area contributed by atoms with E-state index in [0.29, 0.717) is 35.5 Å². The van der Waals surface area contributed by atoms with Gasteiger partial charge >= 0.3 is 0 Å². The molecule has 26 heavy (non-hydrogen) atoms. The van der Waals surface area contributed by atoms with E-state index in [9.17, 15) is 4.39 Å². The molecule has 1 fully saturated rings. The zero-order chi connectivity index (χ0) is 18.5. The number of anilines is 2. The highest BCUT2D eigenvalue weighted by atomic mass is 35.5. The summed E-state index contributed by atoms with van der Waals surface area (Å²) in [7, 11) is 0. The minimum Gasteiger partial charge on any atom is -0.475 e. The molecule has 2 aliphatic heterocycles. The van der Waals surface area contributed by atoms with Gasteiger partial charge in [-0.15, -0.1) is 0 Å². The van der Waals surface area contributed by atoms with Gasteiger partial charge in [0.15, 0.2) is 12.0 Å². The molecule has 2 bridgehead atoms. The van der Waals surface area contributed by atoms with Crippen molar-refractivity contribution in [2.45, 2.75) is 32.0 Å². The van der Waals surface area contributed by atoms with Crippen LogP contribution in [0.2, 0.25) is 5.02 Å². The maximum Gasteiger partial charge on any atom is 0.229 e. The lowest BCUT2D eigenvalue weighted by molar-refractivity contribution is 0.0871. The Bertz CT molecular complexity index is 708. The number of halogens is 2. The second-order valence-electron chi connectivity index (χ2n) is 6.10. The van der Waals surface area contributed by atoms with Crippen molar-refractivity contribution in [1.82, 2.24) is 9.97 Å². The van der Waals surface area contributed by atoms with Crippen LogP contribution in [-0.4, -0.2) is 54.3 Å². The summed E-state index contributed by atoms with van der Waals surface area (Å²) in [5, 5.41) is 6.16. The van der Waals surface area contributed by atoms with Crippen molar-refractivity contribution in [3.05, 3.63) is 22.8 Å². The van der Waals surface area contributed by atoms with E-state index < -0.39 is 6.17 Å². The van der Waals surface area contributed by atoms with Gasteiger partial charge in [0, 0.05) is 13.2 Å². The number of hydrogen-bond donors (Lipinski definition) is 3. The van der Waals surface area contributed by atoms with Crippen LogP contribution in [0.1, 0.15) is 19.8 Å². The lowest BCUT2D eigenvalue weighted by Gasteiger charge is -2.20. The average Bonchev–Trinajstić information content (AvgIpc) is 2.66. The van der Waals surface area contributed by atoms with Crippen LogP contribution in [0.25, 0.3) is 0 Å². The molecular formula is C16H22ClFN6O2. The molecule has 3 rings (SSSR count). The number of fused-ring (bicyclic) bond motifs is 2. The van der Waals surface area contributed by atoms with Crippen LogP contribution >= 0.6 is 11.6 Å². The van der Waals surface area contributed by atoms with Crippen molar-refractivity contribution in [1.29, 1.82) is 0 Å². The first-order valence-corrected chi connectivity index (χ1v) is 8.83. The summed E-state index contributed by atoms with van der Waals surface area (Å²) < 4.78 is 24.8. The van der Waals surface area contributed by atoms with E-state index in [1.165, 1.54) is 6.20 Å². The molecule has 1 saturated heterocycles. The quantitative estimate of drug-likeness (QED) is 0.670. The van der Waals surface area contributed by atoms with Crippen molar-refractivity contribution in [2.75, 3.05) is 37.0 Å². The number of allylic oxidation sites excluding steroid dienone is 1. The molecule has 1 atom stereocenters. The predicted molar refractivity (Wildman–Crippen MR) is 98.2 cm³/mol. The van der Waals surface area contributed by atoms with Crippen LogP contribution in [-0.2, 0) is 9.47 Å². The monoisotopic (exact) mass is 384 g/mol. The third kappa shape index (κ3) is 4.73. The van der Waals surface area contributed by atoms with Gasteiger partial charge in [-0.1, -0.05) is 11.6 Å². The van der Waals surface area contributed by atoms with E-state index >= 15 is 0 Å². The topological polar surface area (TPSA) is 107 Å². The first kappa shape index (κ1) is 18.7. The molecule has 1 aromatic rings. The molecule has 142 valence electrons. The van der Waals surface area contributed by atoms with E-state index in [0.717, 1.165) is 12.8 Å². The van der Waals surface area contributed by atoms with Crippen LogP contribution in [0.15, 0.2) is 22.8 Å². The highest BCUT2D eigenvalue weighted by Crippen LogP contribution is 2.22. The summed E-state index contributed by atoms with van der Waals surface area (Å²) in [5.74, 6) is 0.644. The van der Waals surface area contributed by atoms with E-state index in [2.05, 4.69) is 20.6 Å². The normalized spacial score (nSPS) is 22.7. The smallest absolute Gasteiger partial charge is 0.229 e. The fraction of sp³-hybridized carbons (Fsp3) is 0.562. The fourth-order valence-electron chi connectivity index (χ4n) is 2.66. The molecule has 2 aliphatic rings. The van der Waals surface area contributed by atoms with Crippen LogP contribution in [0, 0.1) is 0 Å². The minimum atomic E-state index is -1.28. The van der Waals surface area contributed by atoms with Crippen LogP contribution in [0.3, 0.4) is 0 Å². The maximum atomic E-state index is 14.0. The molecule has 0 amide bonds. The van der Waals surface area contributed by atoms with Gasteiger partial charge in [0.1, 0.15) is 17.3 Å². The molecule has 10 heteroatoms. The Kier molecular flexibility index (Phi) is 6.10. The molecule has 0 radical (unpaired) electrons. The van der Waals surface area contributed by atoms with Crippen molar-refractivity contribution < 1.29 is 13.9 Å². The minimum absolute atomic E-state index is 0.00602. The maximum absolute atomic E-state index is 14.0. The zero-order valence-corrected chi connectivity index (χ0v) is 15.2. The van der Waals surface area contributed by atoms with Crippen LogP contribution < -0.4 is 16.4 Å². The van der Waals surface area contributed by atoms with Crippen LogP contribution in [0.4, 0.5) is 16.2 Å². The van der Waals surface area contributed by atoms with Gasteiger partial charge in [-0.2, -0.15) is 4.98 Å². The summed E-state index contributed by atoms with van der Waals surface area (Å²) in [6.45, 7) is 2.97. The number of rotatable bonds is 2. The van der Waals surface area contributed by atoms with E-state index in [1.54, 1.807) is 0 Å². The summed E-state index contributed by atoms with van der Waals surface area (Å²) in [5.41, 5.74) is 7.09. The fourth-order valence-corrected chi connectivity index (χ4v) is 2.82. The number of nitrogens with zero attached hydrogens (tertiary/aromatic N) is 3. The Balaban J connectivity index is 1.91. The Hall–Kier alpha value is -2.13. The number of nitrogens with two attached hydrogens (primary N) is 1. The summed E-state index contributed by atoms with van der Waals surface area (Å²) in [6, 6.07) is 0.140. The molecular weight excluding hydrogens is 363 g/mol. The molecule has 1 aromatic heterocycles. The first-order valence-electron chi connectivity index (χ1n) is 8.45. The molecule has 3 heterocycles. The lowest BCUT2D eigenvalue weighted by atomic mass is 10.1. The molecule has 0 spiro atoms. The van der Waals surface area contributed by atoms with Crippen molar-refractivity contribution in [3.63, 3.8) is 0 Å². The third-order valence-electron chi connectivity index (χ3n) is 4.07. The molecule has 1 unspecified atom stereocenters. The number of ether oxygens (including phenoxy) is 2. The molecule has 8 nitrogen and oxygen atoms in total. The Morgan fingerprint density at radius 2 is 2.19 bits per heavy atom. The number of aliphatic imine (C=N–C) groups is 1. The molecule has 0 saturated carbocycles. The number of alkyl halides is 1. The van der Waals surface area contributed by atoms with E-state index in [4.69, 9.17) is 31.8 Å². The number of hydrogen-bond acceptors (Lipinski definition) is 8. The van der Waals surface area contributed by atoms with Gasteiger partial charge in [0.2, 0.25) is 11.8 Å². The van der Waals surface area contributed by atoms with E-state index in [1.807, 2.05) is 6.92 Å². The molecule has 0 aromatic carbocycles. The third-order valence-corrected chi connectivity index (χ3v) is 4.34. The van der Waals surface area contributed by atoms with E-state index in [-0.39, 0.29) is 31.0 Å². The van der Waals surface area contributed by atoms with Gasteiger partial charge in [-0.05, 0) is 19.8 Å². The Labute approximate surface area is 156 Å². The van der Waals surface area contributed by atoms with Gasteiger partial charge in [0.25, 0.3) is 0 Å². The zero-order valence-electron chi connectivity index (χ0n) is 14.5. The second kappa shape index (κ2) is 8.50. The SMILES string of the molecule is CC(=NC1CCOCC1)C1=C(N)OCC(F)CNc2nc(ncc2Cl)N1. The Morgan fingerprint density at radius 1 is 1.42 bits per heavy atom. The van der Waals surface area contributed by atoms with Crippen molar-refractivity contribution in [3.8, 4) is 0 Å². The first-order chi connectivity index (χ1) is 12.5. The summed E-state index contributed by atoms with van der Waals surface area (Å²) in [6.07, 6.45) is 1.83. The molecule has 0 aliphatic carbocycles. The highest BCUT2D eigenvalue weighted by molar-refractivity contribution is 6.32. The van der Waals surface area contributed by atoms with Crippen molar-refractivity contribution >= 4 is 29.1 Å². The summed E-state index contributed by atoms with van der Waals surface area (Å²) >= 11 is 6.05. The highest BCUT2D eigenvalue weighted by Gasteiger charge is 2.19. The Morgan fingerprint density at radius 3 is 2.96 bits per heavy atom.